The molecule has 1 aromatic carbocycles. The number of aryl methyl sites for hydroxylation is 1. The maximum absolute atomic E-state index is 12.7. The van der Waals surface area contributed by atoms with Crippen LogP contribution >= 0.6 is 0 Å². The summed E-state index contributed by atoms with van der Waals surface area (Å²) in [5.41, 5.74) is 2.16. The van der Waals surface area contributed by atoms with E-state index >= 15 is 0 Å². The maximum Gasteiger partial charge on any atom is 0.245 e. The summed E-state index contributed by atoms with van der Waals surface area (Å²) in [5, 5.41) is 9.37. The number of nitrogens with zero attached hydrogens (tertiary/aromatic N) is 4. The van der Waals surface area contributed by atoms with Gasteiger partial charge in [-0.2, -0.15) is 0 Å². The fourth-order valence-electron chi connectivity index (χ4n) is 4.15. The summed E-state index contributed by atoms with van der Waals surface area (Å²) in [5.74, 6) is 1.35. The third-order valence-electron chi connectivity index (χ3n) is 5.73. The SMILES string of the molecule is CC(C)CN1CCN(C(=O)CCc2nnc(Cc3c[nH]c4ccccc34)o2)[C@@H](C)C1=O. The predicted molar refractivity (Wildman–Crippen MR) is 116 cm³/mol. The van der Waals surface area contributed by atoms with Crippen molar-refractivity contribution in [1.29, 1.82) is 0 Å². The first-order valence-corrected chi connectivity index (χ1v) is 10.9. The number of benzene rings is 1. The highest BCUT2D eigenvalue weighted by Gasteiger charge is 2.34. The summed E-state index contributed by atoms with van der Waals surface area (Å²) in [7, 11) is 0. The number of H-pyrrole nitrogens is 1. The van der Waals surface area contributed by atoms with Crippen molar-refractivity contribution in [2.75, 3.05) is 19.6 Å². The summed E-state index contributed by atoms with van der Waals surface area (Å²) in [6.07, 6.45) is 3.10. The van der Waals surface area contributed by atoms with Gasteiger partial charge in [-0.05, 0) is 24.5 Å². The molecule has 3 heterocycles. The van der Waals surface area contributed by atoms with Gasteiger partial charge in [0.05, 0.1) is 6.42 Å². The van der Waals surface area contributed by atoms with E-state index in [0.29, 0.717) is 43.6 Å². The summed E-state index contributed by atoms with van der Waals surface area (Å²) in [4.78, 5) is 32.1. The number of nitrogens with one attached hydrogen (secondary N) is 1. The zero-order chi connectivity index (χ0) is 22.0. The van der Waals surface area contributed by atoms with E-state index in [0.717, 1.165) is 23.0 Å². The Bertz CT molecular complexity index is 1070. The topological polar surface area (TPSA) is 95.3 Å². The number of fused-ring (bicyclic) bond motifs is 1. The number of aromatic nitrogens is 3. The molecular formula is C23H29N5O3. The fraction of sp³-hybridized carbons (Fsp3) is 0.478. The molecule has 1 fully saturated rings. The molecule has 0 unspecified atom stereocenters. The van der Waals surface area contributed by atoms with Crippen LogP contribution in [0.3, 0.4) is 0 Å². The lowest BCUT2D eigenvalue weighted by atomic mass is 10.1. The number of para-hydroxylation sites is 1. The minimum atomic E-state index is -0.430. The number of piperazine rings is 1. The van der Waals surface area contributed by atoms with E-state index in [1.165, 1.54) is 0 Å². The van der Waals surface area contributed by atoms with Crippen LogP contribution in [0.2, 0.25) is 0 Å². The van der Waals surface area contributed by atoms with E-state index in [2.05, 4.69) is 35.1 Å². The number of hydrogen-bond donors (Lipinski definition) is 1. The van der Waals surface area contributed by atoms with Crippen LogP contribution in [0.25, 0.3) is 10.9 Å². The Morgan fingerprint density at radius 2 is 2.00 bits per heavy atom. The third kappa shape index (κ3) is 4.62. The van der Waals surface area contributed by atoms with Crippen LogP contribution in [0.1, 0.15) is 44.5 Å². The Hall–Kier alpha value is -3.16. The largest absolute Gasteiger partial charge is 0.425 e. The summed E-state index contributed by atoms with van der Waals surface area (Å²) in [6.45, 7) is 7.86. The average molecular weight is 424 g/mol. The van der Waals surface area contributed by atoms with Crippen molar-refractivity contribution in [2.24, 2.45) is 5.92 Å². The van der Waals surface area contributed by atoms with Gasteiger partial charge in [0.25, 0.3) is 0 Å². The van der Waals surface area contributed by atoms with Gasteiger partial charge in [0.15, 0.2) is 0 Å². The number of carbonyl (C=O) groups is 2. The quantitative estimate of drug-likeness (QED) is 0.630. The van der Waals surface area contributed by atoms with Crippen molar-refractivity contribution in [2.45, 2.75) is 46.1 Å². The summed E-state index contributed by atoms with van der Waals surface area (Å²) in [6, 6.07) is 7.64. The molecule has 0 aliphatic carbocycles. The normalized spacial score (nSPS) is 17.2. The molecule has 164 valence electrons. The Labute approximate surface area is 181 Å². The molecule has 0 saturated carbocycles. The Morgan fingerprint density at radius 1 is 1.23 bits per heavy atom. The Balaban J connectivity index is 1.32. The minimum absolute atomic E-state index is 0.0205. The van der Waals surface area contributed by atoms with Gasteiger partial charge in [0.2, 0.25) is 23.6 Å². The van der Waals surface area contributed by atoms with Gasteiger partial charge in [-0.15, -0.1) is 10.2 Å². The first-order valence-electron chi connectivity index (χ1n) is 10.9. The molecule has 8 nitrogen and oxygen atoms in total. The number of hydrogen-bond acceptors (Lipinski definition) is 5. The molecule has 1 aliphatic rings. The molecule has 8 heteroatoms. The van der Waals surface area contributed by atoms with E-state index in [-0.39, 0.29) is 18.2 Å². The van der Waals surface area contributed by atoms with Crippen LogP contribution < -0.4 is 0 Å². The molecule has 31 heavy (non-hydrogen) atoms. The van der Waals surface area contributed by atoms with Gasteiger partial charge in [0, 0.05) is 49.6 Å². The summed E-state index contributed by atoms with van der Waals surface area (Å²) >= 11 is 0. The number of aromatic amines is 1. The van der Waals surface area contributed by atoms with Crippen LogP contribution in [0.4, 0.5) is 0 Å². The van der Waals surface area contributed by atoms with Crippen LogP contribution in [0, 0.1) is 5.92 Å². The molecule has 0 spiro atoms. The molecule has 1 aliphatic heterocycles. The smallest absolute Gasteiger partial charge is 0.245 e. The average Bonchev–Trinajstić information content (AvgIpc) is 3.37. The van der Waals surface area contributed by atoms with Gasteiger partial charge >= 0.3 is 0 Å². The summed E-state index contributed by atoms with van der Waals surface area (Å²) < 4.78 is 5.77. The monoisotopic (exact) mass is 423 g/mol. The van der Waals surface area contributed by atoms with Crippen LogP contribution in [-0.4, -0.2) is 62.5 Å². The molecule has 1 N–H and O–H groups in total. The van der Waals surface area contributed by atoms with Gasteiger partial charge in [0.1, 0.15) is 6.04 Å². The molecule has 0 bridgehead atoms. The number of amides is 2. The van der Waals surface area contributed by atoms with Crippen LogP contribution in [-0.2, 0) is 22.4 Å². The second kappa shape index (κ2) is 8.91. The second-order valence-corrected chi connectivity index (χ2v) is 8.57. The van der Waals surface area contributed by atoms with Gasteiger partial charge in [-0.3, -0.25) is 9.59 Å². The first kappa shape index (κ1) is 21.1. The van der Waals surface area contributed by atoms with E-state index in [4.69, 9.17) is 4.42 Å². The molecule has 2 aromatic heterocycles. The molecule has 0 radical (unpaired) electrons. The van der Waals surface area contributed by atoms with Gasteiger partial charge in [-0.25, -0.2) is 0 Å². The fourth-order valence-corrected chi connectivity index (χ4v) is 4.15. The van der Waals surface area contributed by atoms with E-state index in [1.54, 1.807) is 11.8 Å². The van der Waals surface area contributed by atoms with Crippen molar-refractivity contribution < 1.29 is 14.0 Å². The molecule has 1 atom stereocenters. The highest BCUT2D eigenvalue weighted by molar-refractivity contribution is 5.88. The molecule has 3 aromatic rings. The lowest BCUT2D eigenvalue weighted by Crippen LogP contribution is -2.58. The van der Waals surface area contributed by atoms with Crippen LogP contribution in [0.15, 0.2) is 34.9 Å². The van der Waals surface area contributed by atoms with Crippen molar-refractivity contribution in [3.05, 3.63) is 47.8 Å². The van der Waals surface area contributed by atoms with E-state index in [1.807, 2.05) is 29.3 Å². The van der Waals surface area contributed by atoms with Crippen molar-refractivity contribution in [1.82, 2.24) is 25.0 Å². The van der Waals surface area contributed by atoms with Crippen molar-refractivity contribution in [3.63, 3.8) is 0 Å². The number of carbonyl (C=O) groups excluding carboxylic acids is 2. The third-order valence-corrected chi connectivity index (χ3v) is 5.73. The molecule has 4 rings (SSSR count). The standard InChI is InChI=1S/C23H29N5O3/c1-15(2)14-27-10-11-28(16(3)23(27)30)22(29)9-8-20-25-26-21(31-20)12-17-13-24-19-7-5-4-6-18(17)19/h4-7,13,15-16,24H,8-12,14H2,1-3H3/t16-/m0/s1. The lowest BCUT2D eigenvalue weighted by molar-refractivity contribution is -0.151. The van der Waals surface area contributed by atoms with Crippen molar-refractivity contribution in [3.8, 4) is 0 Å². The van der Waals surface area contributed by atoms with Crippen LogP contribution in [0.5, 0.6) is 0 Å². The van der Waals surface area contributed by atoms with E-state index in [9.17, 15) is 9.59 Å². The second-order valence-electron chi connectivity index (χ2n) is 8.57. The highest BCUT2D eigenvalue weighted by atomic mass is 16.4. The van der Waals surface area contributed by atoms with Crippen molar-refractivity contribution >= 4 is 22.7 Å². The Morgan fingerprint density at radius 3 is 2.81 bits per heavy atom. The zero-order valence-electron chi connectivity index (χ0n) is 18.3. The molecule has 1 saturated heterocycles. The first-order chi connectivity index (χ1) is 14.9. The predicted octanol–water partition coefficient (Wildman–Crippen LogP) is 2.79. The zero-order valence-corrected chi connectivity index (χ0v) is 18.3. The van der Waals surface area contributed by atoms with Gasteiger partial charge in [-0.1, -0.05) is 32.0 Å². The van der Waals surface area contributed by atoms with Gasteiger partial charge < -0.3 is 19.2 Å². The number of rotatable bonds is 7. The van der Waals surface area contributed by atoms with E-state index < -0.39 is 6.04 Å². The Kier molecular flexibility index (Phi) is 6.06. The minimum Gasteiger partial charge on any atom is -0.425 e. The molecular weight excluding hydrogens is 394 g/mol. The molecule has 2 amide bonds. The highest BCUT2D eigenvalue weighted by Crippen LogP contribution is 2.21. The lowest BCUT2D eigenvalue weighted by Gasteiger charge is -2.39. The maximum atomic E-state index is 12.7.